The van der Waals surface area contributed by atoms with Gasteiger partial charge < -0.3 is 14.2 Å². The fraction of sp³-hybridized carbons (Fsp3) is 0.824. The molecule has 0 radical (unpaired) electrons. The molecule has 6 heteroatoms. The minimum absolute atomic E-state index is 0.0791. The number of unbranched alkanes of at least 4 members (excludes halogenated alkanes) is 44. The van der Waals surface area contributed by atoms with Crippen molar-refractivity contribution in [1.29, 1.82) is 0 Å². The van der Waals surface area contributed by atoms with Gasteiger partial charge in [-0.1, -0.05) is 306 Å². The highest BCUT2D eigenvalue weighted by Gasteiger charge is 2.19. The van der Waals surface area contributed by atoms with Crippen LogP contribution in [0.15, 0.2) is 60.8 Å². The third kappa shape index (κ3) is 65.9. The van der Waals surface area contributed by atoms with Gasteiger partial charge in [-0.05, 0) is 109 Å². The summed E-state index contributed by atoms with van der Waals surface area (Å²) < 4.78 is 17.0. The number of hydrogen-bond acceptors (Lipinski definition) is 6. The molecule has 0 bridgehead atoms. The molecule has 0 amide bonds. The van der Waals surface area contributed by atoms with E-state index in [1.807, 2.05) is 0 Å². The predicted octanol–water partition coefficient (Wildman–Crippen LogP) is 24.3. The summed E-state index contributed by atoms with van der Waals surface area (Å²) in [7, 11) is 0. The lowest BCUT2D eigenvalue weighted by atomic mass is 10.0. The number of allylic oxidation sites excluding steroid dienone is 10. The number of ether oxygens (including phenoxy) is 3. The lowest BCUT2D eigenvalue weighted by molar-refractivity contribution is -0.167. The largest absolute Gasteiger partial charge is 0.462 e. The molecule has 0 rings (SSSR count). The van der Waals surface area contributed by atoms with E-state index in [1.165, 1.54) is 244 Å². The first-order valence-electron chi connectivity index (χ1n) is 35.3. The minimum atomic E-state index is -0.785. The minimum Gasteiger partial charge on any atom is -0.462 e. The number of carbonyl (C=O) groups excluding carboxylic acids is 3. The van der Waals surface area contributed by atoms with Gasteiger partial charge in [0, 0.05) is 19.3 Å². The molecular weight excluding hydrogens is 985 g/mol. The first-order valence-corrected chi connectivity index (χ1v) is 35.3. The second-order valence-electron chi connectivity index (χ2n) is 23.8. The second-order valence-corrected chi connectivity index (χ2v) is 23.8. The zero-order valence-corrected chi connectivity index (χ0v) is 53.6. The standard InChI is InChI=1S/C74H134O6/c1-4-7-10-13-16-19-22-25-28-31-32-33-34-35-36-37-38-39-40-41-42-44-46-49-52-55-58-61-64-67-73(76)79-70-71(69-78-72(75)66-63-60-57-54-51-48-45-30-27-24-21-18-15-12-9-6-3)80-74(77)68-65-62-59-56-53-50-47-43-29-26-23-20-17-14-11-8-5-2/h17,20-21,24,26,29-32,45,71H,4-16,18-19,22-23,25,27-28,33-44,46-70H2,1-3H3/b20-17-,24-21-,29-26-,32-31-,45-30-. The Morgan fingerprint density at radius 3 is 0.738 bits per heavy atom. The summed E-state index contributed by atoms with van der Waals surface area (Å²) in [6.07, 6.45) is 88.2. The van der Waals surface area contributed by atoms with Crippen LogP contribution in [0.25, 0.3) is 0 Å². The quantitative estimate of drug-likeness (QED) is 0.0261. The molecule has 0 aliphatic heterocycles. The highest BCUT2D eigenvalue weighted by molar-refractivity contribution is 5.71. The van der Waals surface area contributed by atoms with E-state index in [0.29, 0.717) is 19.3 Å². The molecule has 1 unspecified atom stereocenters. The van der Waals surface area contributed by atoms with Crippen molar-refractivity contribution in [2.75, 3.05) is 13.2 Å². The molecule has 0 N–H and O–H groups in total. The van der Waals surface area contributed by atoms with E-state index < -0.39 is 6.10 Å². The molecular formula is C74H134O6. The molecule has 6 nitrogen and oxygen atoms in total. The maximum Gasteiger partial charge on any atom is 0.306 e. The van der Waals surface area contributed by atoms with Crippen LogP contribution in [-0.2, 0) is 28.6 Å². The Bertz CT molecular complexity index is 1430. The highest BCUT2D eigenvalue weighted by atomic mass is 16.6. The van der Waals surface area contributed by atoms with Gasteiger partial charge in [0.05, 0.1) is 0 Å². The molecule has 0 saturated heterocycles. The van der Waals surface area contributed by atoms with Gasteiger partial charge in [0.25, 0.3) is 0 Å². The van der Waals surface area contributed by atoms with Gasteiger partial charge in [-0.2, -0.15) is 0 Å². The van der Waals surface area contributed by atoms with E-state index in [9.17, 15) is 14.4 Å². The van der Waals surface area contributed by atoms with E-state index in [4.69, 9.17) is 14.2 Å². The van der Waals surface area contributed by atoms with Gasteiger partial charge >= 0.3 is 17.9 Å². The van der Waals surface area contributed by atoms with Gasteiger partial charge in [-0.3, -0.25) is 14.4 Å². The van der Waals surface area contributed by atoms with E-state index in [2.05, 4.69) is 81.5 Å². The van der Waals surface area contributed by atoms with Crippen LogP contribution < -0.4 is 0 Å². The van der Waals surface area contributed by atoms with Gasteiger partial charge in [0.2, 0.25) is 0 Å². The normalized spacial score (nSPS) is 12.4. The van der Waals surface area contributed by atoms with Gasteiger partial charge in [-0.25, -0.2) is 0 Å². The fourth-order valence-corrected chi connectivity index (χ4v) is 10.4. The second kappa shape index (κ2) is 68.6. The first-order chi connectivity index (χ1) is 39.5. The molecule has 466 valence electrons. The number of hydrogen-bond donors (Lipinski definition) is 0. The SMILES string of the molecule is CCCCC/C=C\C/C=C\CCCCCCCCCC(=O)OC(COC(=O)CCCCCCC/C=C\C/C=C\CCCCCC)COC(=O)CCCCCCCCCCCCCCCCCCC/C=C\CCCCCCCCCC. The maximum atomic E-state index is 12.9. The highest BCUT2D eigenvalue weighted by Crippen LogP contribution is 2.18. The molecule has 0 spiro atoms. The molecule has 0 aromatic carbocycles. The summed E-state index contributed by atoms with van der Waals surface area (Å²) >= 11 is 0. The Morgan fingerprint density at radius 2 is 0.450 bits per heavy atom. The summed E-state index contributed by atoms with van der Waals surface area (Å²) in [5.74, 6) is -0.880. The van der Waals surface area contributed by atoms with Crippen molar-refractivity contribution in [3.8, 4) is 0 Å². The first kappa shape index (κ1) is 77.1. The van der Waals surface area contributed by atoms with Crippen LogP contribution in [0.2, 0.25) is 0 Å². The van der Waals surface area contributed by atoms with Crippen LogP contribution in [0.3, 0.4) is 0 Å². The van der Waals surface area contributed by atoms with Gasteiger partial charge in [-0.15, -0.1) is 0 Å². The van der Waals surface area contributed by atoms with Crippen molar-refractivity contribution in [3.05, 3.63) is 60.8 Å². The molecule has 80 heavy (non-hydrogen) atoms. The van der Waals surface area contributed by atoms with Crippen LogP contribution in [0.1, 0.15) is 374 Å². The zero-order valence-electron chi connectivity index (χ0n) is 53.6. The molecule has 0 aliphatic rings. The lowest BCUT2D eigenvalue weighted by Crippen LogP contribution is -2.30. The molecule has 0 saturated carbocycles. The van der Waals surface area contributed by atoms with Crippen molar-refractivity contribution in [3.63, 3.8) is 0 Å². The predicted molar refractivity (Wildman–Crippen MR) is 348 cm³/mol. The Kier molecular flexibility index (Phi) is 66.1. The van der Waals surface area contributed by atoms with Gasteiger partial charge in [0.15, 0.2) is 6.10 Å². The Balaban J connectivity index is 4.24. The smallest absolute Gasteiger partial charge is 0.306 e. The summed E-state index contributed by atoms with van der Waals surface area (Å²) in [6.45, 7) is 6.63. The Hall–Kier alpha value is -2.89. The summed E-state index contributed by atoms with van der Waals surface area (Å²) in [4.78, 5) is 38.4. The van der Waals surface area contributed by atoms with Crippen molar-refractivity contribution >= 4 is 17.9 Å². The van der Waals surface area contributed by atoms with Crippen molar-refractivity contribution in [2.24, 2.45) is 0 Å². The topological polar surface area (TPSA) is 78.9 Å². The van der Waals surface area contributed by atoms with E-state index in [0.717, 1.165) is 89.9 Å². The van der Waals surface area contributed by atoms with Crippen LogP contribution in [-0.4, -0.2) is 37.2 Å². The van der Waals surface area contributed by atoms with Gasteiger partial charge in [0.1, 0.15) is 13.2 Å². The van der Waals surface area contributed by atoms with Crippen molar-refractivity contribution < 1.29 is 28.6 Å². The Labute approximate surface area is 498 Å². The fourth-order valence-electron chi connectivity index (χ4n) is 10.4. The third-order valence-corrected chi connectivity index (χ3v) is 15.7. The average Bonchev–Trinajstić information content (AvgIpc) is 3.46. The number of rotatable bonds is 65. The van der Waals surface area contributed by atoms with Crippen LogP contribution in [0.5, 0.6) is 0 Å². The zero-order chi connectivity index (χ0) is 57.8. The lowest BCUT2D eigenvalue weighted by Gasteiger charge is -2.18. The van der Waals surface area contributed by atoms with Crippen LogP contribution in [0.4, 0.5) is 0 Å². The Morgan fingerprint density at radius 1 is 0.250 bits per heavy atom. The van der Waals surface area contributed by atoms with Crippen LogP contribution in [0, 0.1) is 0 Å². The van der Waals surface area contributed by atoms with E-state index >= 15 is 0 Å². The average molecular weight is 1120 g/mol. The van der Waals surface area contributed by atoms with Crippen molar-refractivity contribution in [2.45, 2.75) is 380 Å². The molecule has 0 aromatic rings. The summed E-state index contributed by atoms with van der Waals surface area (Å²) in [5.41, 5.74) is 0. The number of esters is 3. The van der Waals surface area contributed by atoms with E-state index in [1.54, 1.807) is 0 Å². The monoisotopic (exact) mass is 1120 g/mol. The molecule has 0 aliphatic carbocycles. The molecule has 0 fully saturated rings. The van der Waals surface area contributed by atoms with Crippen LogP contribution >= 0.6 is 0 Å². The van der Waals surface area contributed by atoms with E-state index in [-0.39, 0.29) is 31.1 Å². The molecule has 0 aromatic heterocycles. The molecule has 1 atom stereocenters. The maximum absolute atomic E-state index is 12.9. The van der Waals surface area contributed by atoms with Crippen molar-refractivity contribution in [1.82, 2.24) is 0 Å². The number of carbonyl (C=O) groups is 3. The summed E-state index contributed by atoms with van der Waals surface area (Å²) in [6, 6.07) is 0. The summed E-state index contributed by atoms with van der Waals surface area (Å²) in [5, 5.41) is 0. The molecule has 0 heterocycles. The third-order valence-electron chi connectivity index (χ3n) is 15.7.